The summed E-state index contributed by atoms with van der Waals surface area (Å²) in [5.74, 6) is 0. The second-order valence-corrected chi connectivity index (χ2v) is 7.24. The number of alkyl halides is 3. The maximum atomic E-state index is 13.2. The predicted molar refractivity (Wildman–Crippen MR) is 93.6 cm³/mol. The lowest BCUT2D eigenvalue weighted by atomic mass is 9.83. The van der Waals surface area contributed by atoms with Crippen LogP contribution in [0.5, 0.6) is 0 Å². The van der Waals surface area contributed by atoms with E-state index in [1.807, 2.05) is 0 Å². The summed E-state index contributed by atoms with van der Waals surface area (Å²) in [6.45, 7) is 3.69. The molecule has 150 valence electrons. The number of hydrogen-bond acceptors (Lipinski definition) is 3. The van der Waals surface area contributed by atoms with E-state index in [0.717, 1.165) is 44.6 Å². The van der Waals surface area contributed by atoms with E-state index in [1.54, 1.807) is 6.07 Å². The van der Waals surface area contributed by atoms with Gasteiger partial charge in [0.15, 0.2) is 0 Å². The fourth-order valence-electron chi connectivity index (χ4n) is 3.93. The van der Waals surface area contributed by atoms with Crippen molar-refractivity contribution >= 4 is 6.09 Å². The molecule has 2 heterocycles. The first-order chi connectivity index (χ1) is 12.8. The number of carboxylic acid groups (broad SMARTS) is 1. The predicted octanol–water partition coefficient (Wildman–Crippen LogP) is 3.79. The van der Waals surface area contributed by atoms with Crippen molar-refractivity contribution < 1.29 is 27.8 Å². The van der Waals surface area contributed by atoms with E-state index in [2.05, 4.69) is 4.90 Å². The first-order valence-electron chi connectivity index (χ1n) is 9.32. The smallest absolute Gasteiger partial charge is 0.416 e. The van der Waals surface area contributed by atoms with Crippen LogP contribution in [0.2, 0.25) is 0 Å². The van der Waals surface area contributed by atoms with Gasteiger partial charge in [0.2, 0.25) is 0 Å². The Kier molecular flexibility index (Phi) is 5.95. The Balaban J connectivity index is 1.78. The Morgan fingerprint density at radius 3 is 2.41 bits per heavy atom. The molecule has 5 nitrogen and oxygen atoms in total. The monoisotopic (exact) mass is 386 g/mol. The molecule has 8 heteroatoms. The third-order valence-corrected chi connectivity index (χ3v) is 5.54. The Hall–Kier alpha value is -1.80. The molecule has 0 unspecified atom stereocenters. The highest BCUT2D eigenvalue weighted by Gasteiger charge is 2.40. The van der Waals surface area contributed by atoms with E-state index < -0.39 is 23.4 Å². The number of nitrogens with zero attached hydrogens (tertiary/aromatic N) is 2. The molecule has 2 aliphatic heterocycles. The van der Waals surface area contributed by atoms with Crippen LogP contribution >= 0.6 is 0 Å². The molecule has 0 spiro atoms. The van der Waals surface area contributed by atoms with E-state index in [9.17, 15) is 23.1 Å². The van der Waals surface area contributed by atoms with Gasteiger partial charge in [-0.25, -0.2) is 4.79 Å². The van der Waals surface area contributed by atoms with Crippen molar-refractivity contribution in [2.45, 2.75) is 37.5 Å². The summed E-state index contributed by atoms with van der Waals surface area (Å²) in [7, 11) is 0. The Morgan fingerprint density at radius 1 is 1.15 bits per heavy atom. The van der Waals surface area contributed by atoms with Gasteiger partial charge >= 0.3 is 12.3 Å². The molecule has 2 saturated heterocycles. The summed E-state index contributed by atoms with van der Waals surface area (Å²) in [4.78, 5) is 14.8. The molecule has 3 rings (SSSR count). The average molecular weight is 386 g/mol. The van der Waals surface area contributed by atoms with E-state index >= 15 is 0 Å². The maximum absolute atomic E-state index is 13.2. The molecule has 1 aromatic carbocycles. The maximum Gasteiger partial charge on any atom is 0.416 e. The second-order valence-electron chi connectivity index (χ2n) is 7.24. The zero-order valence-electron chi connectivity index (χ0n) is 15.2. The summed E-state index contributed by atoms with van der Waals surface area (Å²) in [6.07, 6.45) is -2.42. The Bertz CT molecular complexity index is 652. The van der Waals surface area contributed by atoms with Crippen molar-refractivity contribution in [1.82, 2.24) is 9.80 Å². The first-order valence-corrected chi connectivity index (χ1v) is 9.32. The number of likely N-dealkylation sites (tertiary alicyclic amines) is 2. The third kappa shape index (κ3) is 4.73. The zero-order chi connectivity index (χ0) is 19.5. The van der Waals surface area contributed by atoms with E-state index in [-0.39, 0.29) is 13.1 Å². The molecule has 0 aromatic heterocycles. The highest BCUT2D eigenvalue weighted by atomic mass is 19.4. The van der Waals surface area contributed by atoms with Crippen LogP contribution in [0.25, 0.3) is 0 Å². The van der Waals surface area contributed by atoms with Crippen molar-refractivity contribution in [2.75, 3.05) is 39.3 Å². The molecular weight excluding hydrogens is 361 g/mol. The van der Waals surface area contributed by atoms with E-state index in [1.165, 1.54) is 11.0 Å². The van der Waals surface area contributed by atoms with Crippen LogP contribution < -0.4 is 0 Å². The van der Waals surface area contributed by atoms with Crippen molar-refractivity contribution in [3.05, 3.63) is 35.4 Å². The topological polar surface area (TPSA) is 53.0 Å². The van der Waals surface area contributed by atoms with E-state index in [0.29, 0.717) is 25.0 Å². The van der Waals surface area contributed by atoms with Crippen LogP contribution in [-0.2, 0) is 16.5 Å². The summed E-state index contributed by atoms with van der Waals surface area (Å²) in [5.41, 5.74) is -1.11. The molecule has 2 aliphatic rings. The van der Waals surface area contributed by atoms with Gasteiger partial charge in [-0.05, 0) is 56.5 Å². The lowest BCUT2D eigenvalue weighted by Gasteiger charge is -2.41. The molecule has 0 saturated carbocycles. The van der Waals surface area contributed by atoms with Crippen LogP contribution in [0, 0.1) is 0 Å². The highest BCUT2D eigenvalue weighted by Crippen LogP contribution is 2.39. The molecule has 0 aliphatic carbocycles. The molecule has 0 bridgehead atoms. The molecule has 27 heavy (non-hydrogen) atoms. The number of ether oxygens (including phenoxy) is 1. The standard InChI is InChI=1S/C19H25F3N2O3/c20-19(21,22)16-5-3-4-15(14-16)18(6-10-24(11-7-18)17(25)26)27-13-12-23-8-1-2-9-23/h3-5,14H,1-2,6-13H2,(H,25,26). The SMILES string of the molecule is O=C(O)N1CCC(OCCN2CCCC2)(c2cccc(C(F)(F)F)c2)CC1. The van der Waals surface area contributed by atoms with Gasteiger partial charge < -0.3 is 19.6 Å². The Morgan fingerprint density at radius 2 is 1.81 bits per heavy atom. The summed E-state index contributed by atoms with van der Waals surface area (Å²) >= 11 is 0. The lowest BCUT2D eigenvalue weighted by molar-refractivity contribution is -0.138. The summed E-state index contributed by atoms with van der Waals surface area (Å²) < 4.78 is 45.6. The molecule has 0 radical (unpaired) electrons. The number of benzene rings is 1. The van der Waals surface area contributed by atoms with Gasteiger partial charge in [0.1, 0.15) is 0 Å². The normalized spacial score (nSPS) is 20.8. The van der Waals surface area contributed by atoms with Gasteiger partial charge in [-0.2, -0.15) is 13.2 Å². The van der Waals surface area contributed by atoms with Gasteiger partial charge in [0.25, 0.3) is 0 Å². The largest absolute Gasteiger partial charge is 0.465 e. The molecular formula is C19H25F3N2O3. The highest BCUT2D eigenvalue weighted by molar-refractivity contribution is 5.65. The summed E-state index contributed by atoms with van der Waals surface area (Å²) in [5, 5.41) is 9.18. The van der Waals surface area contributed by atoms with Crippen LogP contribution in [0.1, 0.15) is 36.8 Å². The number of carbonyl (C=O) groups is 1. The van der Waals surface area contributed by atoms with Crippen LogP contribution in [0.15, 0.2) is 24.3 Å². The van der Waals surface area contributed by atoms with Crippen molar-refractivity contribution in [2.24, 2.45) is 0 Å². The van der Waals surface area contributed by atoms with Gasteiger partial charge in [-0.1, -0.05) is 12.1 Å². The fourth-order valence-corrected chi connectivity index (χ4v) is 3.93. The number of piperidine rings is 1. The van der Waals surface area contributed by atoms with Crippen molar-refractivity contribution in [3.8, 4) is 0 Å². The van der Waals surface area contributed by atoms with Crippen LogP contribution in [0.4, 0.5) is 18.0 Å². The van der Waals surface area contributed by atoms with Crippen LogP contribution in [-0.4, -0.2) is 60.3 Å². The zero-order valence-corrected chi connectivity index (χ0v) is 15.2. The first kappa shape index (κ1) is 19.9. The molecule has 1 aromatic rings. The molecule has 0 atom stereocenters. The Labute approximate surface area is 156 Å². The third-order valence-electron chi connectivity index (χ3n) is 5.54. The van der Waals surface area contributed by atoms with Crippen LogP contribution in [0.3, 0.4) is 0 Å². The minimum Gasteiger partial charge on any atom is -0.465 e. The minimum absolute atomic E-state index is 0.245. The minimum atomic E-state index is -4.42. The van der Waals surface area contributed by atoms with Gasteiger partial charge in [0, 0.05) is 19.6 Å². The molecule has 1 amide bonds. The van der Waals surface area contributed by atoms with E-state index in [4.69, 9.17) is 4.74 Å². The van der Waals surface area contributed by atoms with Gasteiger partial charge in [0.05, 0.1) is 17.8 Å². The lowest BCUT2D eigenvalue weighted by Crippen LogP contribution is -2.46. The van der Waals surface area contributed by atoms with Crippen molar-refractivity contribution in [3.63, 3.8) is 0 Å². The quantitative estimate of drug-likeness (QED) is 0.837. The molecule has 2 fully saturated rings. The molecule has 1 N–H and O–H groups in total. The van der Waals surface area contributed by atoms with Crippen molar-refractivity contribution in [1.29, 1.82) is 0 Å². The van der Waals surface area contributed by atoms with Gasteiger partial charge in [-0.3, -0.25) is 0 Å². The number of rotatable bonds is 5. The van der Waals surface area contributed by atoms with Gasteiger partial charge in [-0.15, -0.1) is 0 Å². The number of amides is 1. The second kappa shape index (κ2) is 8.06. The fraction of sp³-hybridized carbons (Fsp3) is 0.632. The summed E-state index contributed by atoms with van der Waals surface area (Å²) in [6, 6.07) is 5.24. The number of hydrogen-bond donors (Lipinski definition) is 1. The average Bonchev–Trinajstić information content (AvgIpc) is 3.15. The number of halogens is 3.